The smallest absolute Gasteiger partial charge is 0.257 e. The molecule has 0 aliphatic rings. The van der Waals surface area contributed by atoms with E-state index >= 15 is 0 Å². The molecule has 0 spiro atoms. The van der Waals surface area contributed by atoms with Gasteiger partial charge in [0.05, 0.1) is 0 Å². The number of carbonyl (C=O) groups is 1. The maximum absolute atomic E-state index is 11.9. The Morgan fingerprint density at radius 2 is 1.85 bits per heavy atom. The Labute approximate surface area is 152 Å². The van der Waals surface area contributed by atoms with Gasteiger partial charge in [0, 0.05) is 18.5 Å². The second-order valence-corrected chi connectivity index (χ2v) is 5.75. The quantitative estimate of drug-likeness (QED) is 0.675. The molecular weight excluding hydrogens is 330 g/mol. The van der Waals surface area contributed by atoms with Crippen molar-refractivity contribution in [1.82, 2.24) is 15.5 Å². The normalized spacial score (nSPS) is 10.5. The van der Waals surface area contributed by atoms with E-state index in [0.29, 0.717) is 30.5 Å². The maximum Gasteiger partial charge on any atom is 0.257 e. The molecule has 3 aromatic rings. The first kappa shape index (κ1) is 17.7. The van der Waals surface area contributed by atoms with Gasteiger partial charge in [-0.3, -0.25) is 4.79 Å². The maximum atomic E-state index is 11.9. The van der Waals surface area contributed by atoms with Crippen LogP contribution in [0.5, 0.6) is 5.75 Å². The third-order valence-corrected chi connectivity index (χ3v) is 3.82. The Kier molecular flexibility index (Phi) is 5.98. The number of hydrogen-bond acceptors (Lipinski definition) is 5. The topological polar surface area (TPSA) is 77.2 Å². The van der Waals surface area contributed by atoms with Crippen LogP contribution < -0.4 is 10.1 Å². The van der Waals surface area contributed by atoms with E-state index in [1.165, 1.54) is 5.56 Å². The molecule has 1 aromatic heterocycles. The third kappa shape index (κ3) is 4.92. The van der Waals surface area contributed by atoms with Gasteiger partial charge in [0.25, 0.3) is 5.91 Å². The summed E-state index contributed by atoms with van der Waals surface area (Å²) >= 11 is 0. The minimum Gasteiger partial charge on any atom is -0.484 e. The average Bonchev–Trinajstić information content (AvgIpc) is 3.17. The van der Waals surface area contributed by atoms with Gasteiger partial charge in [-0.1, -0.05) is 37.3 Å². The van der Waals surface area contributed by atoms with Gasteiger partial charge in [0.15, 0.2) is 6.61 Å². The number of nitrogens with one attached hydrogen (secondary N) is 1. The van der Waals surface area contributed by atoms with Crippen LogP contribution in [0, 0.1) is 0 Å². The molecule has 6 heteroatoms. The molecule has 6 nitrogen and oxygen atoms in total. The average molecular weight is 351 g/mol. The number of nitrogens with zero attached hydrogens (tertiary/aromatic N) is 2. The largest absolute Gasteiger partial charge is 0.484 e. The molecule has 0 unspecified atom stereocenters. The summed E-state index contributed by atoms with van der Waals surface area (Å²) in [6.07, 6.45) is 1.50. The zero-order valence-corrected chi connectivity index (χ0v) is 14.6. The van der Waals surface area contributed by atoms with E-state index in [4.69, 9.17) is 9.15 Å². The zero-order valence-electron chi connectivity index (χ0n) is 14.6. The molecule has 0 saturated heterocycles. The Morgan fingerprint density at radius 3 is 2.54 bits per heavy atom. The Bertz CT molecular complexity index is 829. The van der Waals surface area contributed by atoms with E-state index in [0.717, 1.165) is 12.0 Å². The Balaban J connectivity index is 1.43. The molecule has 0 fully saturated rings. The van der Waals surface area contributed by atoms with Gasteiger partial charge in [-0.2, -0.15) is 0 Å². The van der Waals surface area contributed by atoms with E-state index < -0.39 is 0 Å². The molecule has 1 N–H and O–H groups in total. The molecule has 0 bridgehead atoms. The molecule has 134 valence electrons. The predicted molar refractivity (Wildman–Crippen MR) is 97.8 cm³/mol. The molecule has 1 amide bonds. The SMILES string of the molecule is CCc1nnc(-c2ccc(OCC(=O)NCCc3ccccc3)cc2)o1. The van der Waals surface area contributed by atoms with Gasteiger partial charge in [-0.05, 0) is 36.2 Å². The van der Waals surface area contributed by atoms with Crippen molar-refractivity contribution in [3.8, 4) is 17.2 Å². The third-order valence-electron chi connectivity index (χ3n) is 3.82. The van der Waals surface area contributed by atoms with Crippen LogP contribution in [-0.2, 0) is 17.6 Å². The predicted octanol–water partition coefficient (Wildman–Crippen LogP) is 3.04. The number of aryl methyl sites for hydroxylation is 1. The molecule has 0 radical (unpaired) electrons. The first-order chi connectivity index (χ1) is 12.7. The highest BCUT2D eigenvalue weighted by atomic mass is 16.5. The van der Waals surface area contributed by atoms with E-state index in [1.54, 1.807) is 12.1 Å². The Morgan fingerprint density at radius 1 is 1.08 bits per heavy atom. The number of rotatable bonds is 8. The van der Waals surface area contributed by atoms with Crippen molar-refractivity contribution in [2.75, 3.05) is 13.2 Å². The first-order valence-electron chi connectivity index (χ1n) is 8.61. The molecule has 2 aromatic carbocycles. The number of amides is 1. The van der Waals surface area contributed by atoms with Gasteiger partial charge in [0.2, 0.25) is 11.8 Å². The molecule has 0 aliphatic carbocycles. The number of hydrogen-bond donors (Lipinski definition) is 1. The van der Waals surface area contributed by atoms with Gasteiger partial charge < -0.3 is 14.5 Å². The number of aromatic nitrogens is 2. The lowest BCUT2D eigenvalue weighted by molar-refractivity contribution is -0.123. The van der Waals surface area contributed by atoms with E-state index in [1.807, 2.05) is 49.4 Å². The summed E-state index contributed by atoms with van der Waals surface area (Å²) in [5.74, 6) is 1.55. The van der Waals surface area contributed by atoms with Crippen molar-refractivity contribution < 1.29 is 13.9 Å². The molecule has 0 saturated carbocycles. The summed E-state index contributed by atoms with van der Waals surface area (Å²) in [6, 6.07) is 17.2. The van der Waals surface area contributed by atoms with Crippen molar-refractivity contribution in [1.29, 1.82) is 0 Å². The van der Waals surface area contributed by atoms with Crippen LogP contribution in [-0.4, -0.2) is 29.3 Å². The zero-order chi connectivity index (χ0) is 18.2. The van der Waals surface area contributed by atoms with Crippen molar-refractivity contribution in [3.05, 3.63) is 66.1 Å². The summed E-state index contributed by atoms with van der Waals surface area (Å²) in [5, 5.41) is 10.8. The molecule has 0 aliphatic heterocycles. The molecule has 26 heavy (non-hydrogen) atoms. The number of benzene rings is 2. The number of ether oxygens (including phenoxy) is 1. The molecule has 0 atom stereocenters. The van der Waals surface area contributed by atoms with Crippen LogP contribution in [0.2, 0.25) is 0 Å². The minimum absolute atomic E-state index is 0.0192. The molecular formula is C20H21N3O3. The first-order valence-corrected chi connectivity index (χ1v) is 8.61. The fourth-order valence-electron chi connectivity index (χ4n) is 2.40. The fourth-order valence-corrected chi connectivity index (χ4v) is 2.40. The summed E-state index contributed by atoms with van der Waals surface area (Å²) in [5.41, 5.74) is 2.01. The highest BCUT2D eigenvalue weighted by molar-refractivity contribution is 5.77. The highest BCUT2D eigenvalue weighted by Gasteiger charge is 2.08. The Hall–Kier alpha value is -3.15. The van der Waals surface area contributed by atoms with E-state index in [9.17, 15) is 4.79 Å². The summed E-state index contributed by atoms with van der Waals surface area (Å²) in [4.78, 5) is 11.9. The second kappa shape index (κ2) is 8.80. The van der Waals surface area contributed by atoms with Crippen LogP contribution in [0.4, 0.5) is 0 Å². The van der Waals surface area contributed by atoms with Gasteiger partial charge >= 0.3 is 0 Å². The van der Waals surface area contributed by atoms with Crippen molar-refractivity contribution in [3.63, 3.8) is 0 Å². The standard InChI is InChI=1S/C20H21N3O3/c1-2-19-22-23-20(26-19)16-8-10-17(11-9-16)25-14-18(24)21-13-12-15-6-4-3-5-7-15/h3-11H,2,12-14H2,1H3,(H,21,24). The minimum atomic E-state index is -0.144. The van der Waals surface area contributed by atoms with Crippen molar-refractivity contribution in [2.24, 2.45) is 0 Å². The highest BCUT2D eigenvalue weighted by Crippen LogP contribution is 2.21. The van der Waals surface area contributed by atoms with E-state index in [-0.39, 0.29) is 12.5 Å². The van der Waals surface area contributed by atoms with Crippen LogP contribution in [0.15, 0.2) is 59.0 Å². The van der Waals surface area contributed by atoms with Crippen LogP contribution >= 0.6 is 0 Å². The van der Waals surface area contributed by atoms with Gasteiger partial charge in [0.1, 0.15) is 5.75 Å². The lowest BCUT2D eigenvalue weighted by atomic mass is 10.1. The number of carbonyl (C=O) groups excluding carboxylic acids is 1. The van der Waals surface area contributed by atoms with Crippen LogP contribution in [0.25, 0.3) is 11.5 Å². The summed E-state index contributed by atoms with van der Waals surface area (Å²) in [7, 11) is 0. The van der Waals surface area contributed by atoms with Gasteiger partial charge in [-0.15, -0.1) is 10.2 Å². The van der Waals surface area contributed by atoms with Gasteiger partial charge in [-0.25, -0.2) is 0 Å². The lowest BCUT2D eigenvalue weighted by Gasteiger charge is -2.08. The monoisotopic (exact) mass is 351 g/mol. The molecule has 1 heterocycles. The lowest BCUT2D eigenvalue weighted by Crippen LogP contribution is -2.30. The fraction of sp³-hybridized carbons (Fsp3) is 0.250. The van der Waals surface area contributed by atoms with Crippen LogP contribution in [0.3, 0.4) is 0 Å². The summed E-state index contributed by atoms with van der Waals surface area (Å²) < 4.78 is 11.0. The summed E-state index contributed by atoms with van der Waals surface area (Å²) in [6.45, 7) is 2.52. The second-order valence-electron chi connectivity index (χ2n) is 5.75. The van der Waals surface area contributed by atoms with Crippen LogP contribution in [0.1, 0.15) is 18.4 Å². The molecule has 3 rings (SSSR count). The van der Waals surface area contributed by atoms with E-state index in [2.05, 4.69) is 15.5 Å². The van der Waals surface area contributed by atoms with Crippen molar-refractivity contribution >= 4 is 5.91 Å². The van der Waals surface area contributed by atoms with Crippen molar-refractivity contribution in [2.45, 2.75) is 19.8 Å².